The molecule has 1 atom stereocenters. The van der Waals surface area contributed by atoms with Crippen LogP contribution < -0.4 is 10.5 Å². The van der Waals surface area contributed by atoms with Gasteiger partial charge in [0, 0.05) is 15.8 Å². The van der Waals surface area contributed by atoms with Gasteiger partial charge in [0.25, 0.3) is 0 Å². The highest BCUT2D eigenvalue weighted by Crippen LogP contribution is 2.20. The Morgan fingerprint density at radius 1 is 1.10 bits per heavy atom. The number of aryl methyl sites for hydroxylation is 2. The quantitative estimate of drug-likeness (QED) is 0.830. The molecular formula is C17H23NOS. The first-order valence-corrected chi connectivity index (χ1v) is 8.04. The van der Waals surface area contributed by atoms with Gasteiger partial charge < -0.3 is 10.5 Å². The summed E-state index contributed by atoms with van der Waals surface area (Å²) in [7, 11) is 0. The summed E-state index contributed by atoms with van der Waals surface area (Å²) in [6.45, 7) is 4.88. The smallest absolute Gasteiger partial charge is 0.122 e. The molecule has 0 radical (unpaired) electrons. The molecule has 0 amide bonds. The third-order valence-corrected chi connectivity index (χ3v) is 4.46. The van der Waals surface area contributed by atoms with E-state index in [1.54, 1.807) is 0 Å². The zero-order valence-electron chi connectivity index (χ0n) is 12.3. The number of thiophene rings is 1. The molecule has 2 aromatic rings. The van der Waals surface area contributed by atoms with Gasteiger partial charge in [-0.15, -0.1) is 11.3 Å². The number of nitrogens with two attached hydrogens (primary N) is 1. The van der Waals surface area contributed by atoms with Crippen LogP contribution in [0.3, 0.4) is 0 Å². The Balaban J connectivity index is 1.84. The van der Waals surface area contributed by atoms with E-state index in [-0.39, 0.29) is 6.04 Å². The maximum Gasteiger partial charge on any atom is 0.122 e. The Bertz CT molecular complexity index is 516. The predicted octanol–water partition coefficient (Wildman–Crippen LogP) is 4.17. The van der Waals surface area contributed by atoms with Gasteiger partial charge in [-0.25, -0.2) is 0 Å². The molecule has 108 valence electrons. The van der Waals surface area contributed by atoms with Gasteiger partial charge in [-0.05, 0) is 56.0 Å². The summed E-state index contributed by atoms with van der Waals surface area (Å²) in [6, 6.07) is 12.9. The van der Waals surface area contributed by atoms with E-state index in [4.69, 9.17) is 10.5 Å². The van der Waals surface area contributed by atoms with Crippen LogP contribution in [0.25, 0.3) is 0 Å². The zero-order chi connectivity index (χ0) is 14.4. The van der Waals surface area contributed by atoms with E-state index < -0.39 is 0 Å². The van der Waals surface area contributed by atoms with Gasteiger partial charge in [0.05, 0.1) is 0 Å². The van der Waals surface area contributed by atoms with Crippen molar-refractivity contribution in [3.8, 4) is 5.75 Å². The summed E-state index contributed by atoms with van der Waals surface area (Å²) < 4.78 is 5.82. The molecule has 0 saturated heterocycles. The van der Waals surface area contributed by atoms with Crippen LogP contribution in [0, 0.1) is 0 Å². The predicted molar refractivity (Wildman–Crippen MR) is 86.4 cm³/mol. The highest BCUT2D eigenvalue weighted by molar-refractivity contribution is 7.11. The van der Waals surface area contributed by atoms with Crippen molar-refractivity contribution in [3.05, 3.63) is 51.7 Å². The van der Waals surface area contributed by atoms with E-state index in [0.717, 1.165) is 25.0 Å². The van der Waals surface area contributed by atoms with Gasteiger partial charge in [-0.3, -0.25) is 0 Å². The minimum absolute atomic E-state index is 0.262. The molecule has 1 aromatic carbocycles. The third-order valence-electron chi connectivity index (χ3n) is 3.26. The number of hydrogen-bond donors (Lipinski definition) is 1. The number of ether oxygens (including phenoxy) is 1. The van der Waals surface area contributed by atoms with E-state index in [1.165, 1.54) is 15.3 Å². The molecule has 20 heavy (non-hydrogen) atoms. The first-order chi connectivity index (χ1) is 9.67. The van der Waals surface area contributed by atoms with Crippen molar-refractivity contribution < 1.29 is 4.74 Å². The molecule has 0 aliphatic heterocycles. The zero-order valence-corrected chi connectivity index (χ0v) is 13.1. The maximum absolute atomic E-state index is 5.82. The summed E-state index contributed by atoms with van der Waals surface area (Å²) >= 11 is 1.83. The van der Waals surface area contributed by atoms with Crippen LogP contribution in [0.4, 0.5) is 0 Å². The summed E-state index contributed by atoms with van der Waals surface area (Å²) in [4.78, 5) is 2.69. The highest BCUT2D eigenvalue weighted by atomic mass is 32.1. The fourth-order valence-corrected chi connectivity index (χ4v) is 2.86. The Morgan fingerprint density at radius 2 is 1.80 bits per heavy atom. The molecule has 2 rings (SSSR count). The van der Waals surface area contributed by atoms with E-state index in [9.17, 15) is 0 Å². The van der Waals surface area contributed by atoms with Crippen LogP contribution in [0.15, 0.2) is 36.4 Å². The lowest BCUT2D eigenvalue weighted by Gasteiger charge is -2.07. The van der Waals surface area contributed by atoms with Gasteiger partial charge in [-0.1, -0.05) is 19.1 Å². The Kier molecular flexibility index (Phi) is 5.62. The minimum atomic E-state index is 0.262. The van der Waals surface area contributed by atoms with Gasteiger partial charge in [0.1, 0.15) is 12.4 Å². The first kappa shape index (κ1) is 15.1. The first-order valence-electron chi connectivity index (χ1n) is 7.22. The molecule has 3 heteroatoms. The number of benzene rings is 1. The Morgan fingerprint density at radius 3 is 2.40 bits per heavy atom. The van der Waals surface area contributed by atoms with Crippen molar-refractivity contribution >= 4 is 11.3 Å². The van der Waals surface area contributed by atoms with Crippen molar-refractivity contribution in [1.29, 1.82) is 0 Å². The van der Waals surface area contributed by atoms with E-state index >= 15 is 0 Å². The summed E-state index contributed by atoms with van der Waals surface area (Å²) in [6.07, 6.45) is 3.15. The minimum Gasteiger partial charge on any atom is -0.488 e. The molecule has 0 bridgehead atoms. The van der Waals surface area contributed by atoms with Gasteiger partial charge in [-0.2, -0.15) is 0 Å². The molecule has 0 spiro atoms. The van der Waals surface area contributed by atoms with E-state index in [1.807, 2.05) is 30.4 Å². The molecule has 2 N–H and O–H groups in total. The van der Waals surface area contributed by atoms with Gasteiger partial charge >= 0.3 is 0 Å². The largest absolute Gasteiger partial charge is 0.488 e. The van der Waals surface area contributed by atoms with Crippen molar-refractivity contribution in [2.24, 2.45) is 5.73 Å². The molecule has 1 unspecified atom stereocenters. The molecule has 0 fully saturated rings. The highest BCUT2D eigenvalue weighted by Gasteiger charge is 2.01. The van der Waals surface area contributed by atoms with Gasteiger partial charge in [0.2, 0.25) is 0 Å². The average Bonchev–Trinajstić information content (AvgIpc) is 2.92. The standard InChI is InChI=1S/C17H23NOS/c1-3-16-10-11-17(20-16)12-19-15-8-6-14(7-9-15)5-4-13(2)18/h6-11,13H,3-5,12,18H2,1-2H3. The number of hydrogen-bond acceptors (Lipinski definition) is 3. The van der Waals surface area contributed by atoms with E-state index in [2.05, 4.69) is 31.2 Å². The summed E-state index contributed by atoms with van der Waals surface area (Å²) in [5, 5.41) is 0. The van der Waals surface area contributed by atoms with Crippen LogP contribution in [-0.4, -0.2) is 6.04 Å². The fraction of sp³-hybridized carbons (Fsp3) is 0.412. The molecule has 0 aliphatic carbocycles. The van der Waals surface area contributed by atoms with E-state index in [0.29, 0.717) is 6.61 Å². The molecule has 1 aromatic heterocycles. The molecule has 2 nitrogen and oxygen atoms in total. The Labute approximate surface area is 125 Å². The topological polar surface area (TPSA) is 35.2 Å². The Hall–Kier alpha value is -1.32. The van der Waals surface area contributed by atoms with Crippen LogP contribution >= 0.6 is 11.3 Å². The average molecular weight is 289 g/mol. The second kappa shape index (κ2) is 7.46. The molecule has 0 aliphatic rings. The van der Waals surface area contributed by atoms with Crippen LogP contribution in [0.5, 0.6) is 5.75 Å². The van der Waals surface area contributed by atoms with Crippen molar-refractivity contribution in [3.63, 3.8) is 0 Å². The second-order valence-corrected chi connectivity index (χ2v) is 6.42. The van der Waals surface area contributed by atoms with Crippen LogP contribution in [0.2, 0.25) is 0 Å². The maximum atomic E-state index is 5.82. The summed E-state index contributed by atoms with van der Waals surface area (Å²) in [5.41, 5.74) is 7.09. The van der Waals surface area contributed by atoms with Crippen LogP contribution in [-0.2, 0) is 19.4 Å². The van der Waals surface area contributed by atoms with Crippen molar-refractivity contribution in [2.45, 2.75) is 45.8 Å². The lowest BCUT2D eigenvalue weighted by Crippen LogP contribution is -2.15. The lowest BCUT2D eigenvalue weighted by atomic mass is 10.1. The van der Waals surface area contributed by atoms with Crippen molar-refractivity contribution in [2.75, 3.05) is 0 Å². The monoisotopic (exact) mass is 289 g/mol. The lowest BCUT2D eigenvalue weighted by molar-refractivity contribution is 0.309. The summed E-state index contributed by atoms with van der Waals surface area (Å²) in [5.74, 6) is 0.931. The number of rotatable bonds is 7. The SMILES string of the molecule is CCc1ccc(COc2ccc(CCC(C)N)cc2)s1. The molecular weight excluding hydrogens is 266 g/mol. The van der Waals surface area contributed by atoms with Crippen molar-refractivity contribution in [1.82, 2.24) is 0 Å². The second-order valence-electron chi connectivity index (χ2n) is 5.17. The molecule has 1 heterocycles. The fourth-order valence-electron chi connectivity index (χ4n) is 1.99. The normalized spacial score (nSPS) is 12.3. The third kappa shape index (κ3) is 4.66. The molecule has 0 saturated carbocycles. The van der Waals surface area contributed by atoms with Gasteiger partial charge in [0.15, 0.2) is 0 Å². The van der Waals surface area contributed by atoms with Crippen LogP contribution in [0.1, 0.15) is 35.6 Å².